The topological polar surface area (TPSA) is 58.6 Å². The van der Waals surface area contributed by atoms with Gasteiger partial charge in [0.15, 0.2) is 0 Å². The Bertz CT molecular complexity index is 531. The van der Waals surface area contributed by atoms with E-state index in [0.717, 1.165) is 0 Å². The highest BCUT2D eigenvalue weighted by Crippen LogP contribution is 2.23. The molecule has 1 atom stereocenters. The number of ether oxygens (including phenoxy) is 1. The molecule has 1 aromatic carbocycles. The maximum absolute atomic E-state index is 12.1. The second-order valence-electron chi connectivity index (χ2n) is 4.72. The number of morpholine rings is 1. The number of amides is 1. The molecule has 5 nitrogen and oxygen atoms in total. The van der Waals surface area contributed by atoms with Gasteiger partial charge in [0.1, 0.15) is 12.6 Å². The molecule has 0 saturated carbocycles. The molecule has 0 bridgehead atoms. The third kappa shape index (κ3) is 4.33. The quantitative estimate of drug-likeness (QED) is 0.862. The number of likely N-dealkylation sites (N-methyl/N-ethyl adjacent to an activating group) is 1. The first-order valence-corrected chi connectivity index (χ1v) is 7.42. The largest absolute Gasteiger partial charge is 0.463 e. The van der Waals surface area contributed by atoms with Crippen LogP contribution in [0, 0.1) is 0 Å². The molecular weight excluding hydrogens is 315 g/mol. The van der Waals surface area contributed by atoms with Crippen molar-refractivity contribution in [3.8, 4) is 0 Å². The minimum absolute atomic E-state index is 0.0385. The van der Waals surface area contributed by atoms with E-state index < -0.39 is 6.04 Å². The fourth-order valence-electron chi connectivity index (χ4n) is 2.27. The molecule has 0 radical (unpaired) electrons. The van der Waals surface area contributed by atoms with Crippen LogP contribution in [0.5, 0.6) is 0 Å². The fourth-order valence-corrected chi connectivity index (χ4v) is 2.80. The van der Waals surface area contributed by atoms with Gasteiger partial charge in [0.05, 0.1) is 6.42 Å². The van der Waals surface area contributed by atoms with Gasteiger partial charge in [0.25, 0.3) is 0 Å². The summed E-state index contributed by atoms with van der Waals surface area (Å²) in [5.41, 5.74) is 0.504. The van der Waals surface area contributed by atoms with Crippen LogP contribution in [0.15, 0.2) is 18.2 Å². The third-order valence-electron chi connectivity index (χ3n) is 3.27. The number of halogens is 2. The zero-order valence-electron chi connectivity index (χ0n) is 11.6. The van der Waals surface area contributed by atoms with Crippen molar-refractivity contribution in [2.45, 2.75) is 19.4 Å². The van der Waals surface area contributed by atoms with E-state index in [4.69, 9.17) is 27.9 Å². The van der Waals surface area contributed by atoms with Gasteiger partial charge in [0, 0.05) is 22.3 Å². The number of hydrogen-bond acceptors (Lipinski definition) is 4. The van der Waals surface area contributed by atoms with E-state index in [-0.39, 0.29) is 18.3 Å². The minimum Gasteiger partial charge on any atom is -0.463 e. The van der Waals surface area contributed by atoms with E-state index >= 15 is 0 Å². The summed E-state index contributed by atoms with van der Waals surface area (Å²) in [6, 6.07) is 4.23. The predicted octanol–water partition coefficient (Wildman–Crippen LogP) is 2.57. The first kappa shape index (κ1) is 16.1. The lowest BCUT2D eigenvalue weighted by atomic mass is 10.1. The average molecular weight is 331 g/mol. The summed E-state index contributed by atoms with van der Waals surface area (Å²) in [7, 11) is 0. The standard InChI is InChI=1S/C14H16Cl2N2O3/c1-2-18-3-4-21-14(20)12(18)8-13(19)17-11-6-9(15)5-10(16)7-11/h5-7,12H,2-4,8H2,1H3,(H,17,19). The van der Waals surface area contributed by atoms with Crippen molar-refractivity contribution in [1.29, 1.82) is 0 Å². The van der Waals surface area contributed by atoms with Crippen LogP contribution < -0.4 is 5.32 Å². The summed E-state index contributed by atoms with van der Waals surface area (Å²) in [4.78, 5) is 25.8. The van der Waals surface area contributed by atoms with Crippen LogP contribution in [0.4, 0.5) is 5.69 Å². The summed E-state index contributed by atoms with van der Waals surface area (Å²) in [5, 5.41) is 3.56. The summed E-state index contributed by atoms with van der Waals surface area (Å²) in [5.74, 6) is -0.641. The molecule has 0 aromatic heterocycles. The van der Waals surface area contributed by atoms with Crippen LogP contribution in [0.3, 0.4) is 0 Å². The highest BCUT2D eigenvalue weighted by molar-refractivity contribution is 6.35. The third-order valence-corrected chi connectivity index (χ3v) is 3.70. The Morgan fingerprint density at radius 2 is 2.05 bits per heavy atom. The van der Waals surface area contributed by atoms with E-state index in [1.54, 1.807) is 18.2 Å². The number of rotatable bonds is 4. The van der Waals surface area contributed by atoms with Crippen molar-refractivity contribution in [3.05, 3.63) is 28.2 Å². The van der Waals surface area contributed by atoms with Crippen LogP contribution in [0.25, 0.3) is 0 Å². The van der Waals surface area contributed by atoms with E-state index in [0.29, 0.717) is 35.4 Å². The molecule has 114 valence electrons. The molecule has 1 unspecified atom stereocenters. The normalized spacial score (nSPS) is 19.2. The Labute approximate surface area is 133 Å². The lowest BCUT2D eigenvalue weighted by Gasteiger charge is -2.32. The van der Waals surface area contributed by atoms with Gasteiger partial charge in [-0.25, -0.2) is 0 Å². The molecule has 1 fully saturated rings. The maximum atomic E-state index is 12.1. The number of hydrogen-bond donors (Lipinski definition) is 1. The number of benzene rings is 1. The molecule has 21 heavy (non-hydrogen) atoms. The number of carbonyl (C=O) groups is 2. The van der Waals surface area contributed by atoms with Crippen molar-refractivity contribution >= 4 is 40.8 Å². The van der Waals surface area contributed by atoms with Gasteiger partial charge in [-0.05, 0) is 24.7 Å². The first-order chi connectivity index (χ1) is 9.99. The zero-order chi connectivity index (χ0) is 15.4. The van der Waals surface area contributed by atoms with E-state index in [1.165, 1.54) is 0 Å². The Morgan fingerprint density at radius 1 is 1.38 bits per heavy atom. The smallest absolute Gasteiger partial charge is 0.323 e. The van der Waals surface area contributed by atoms with Crippen LogP contribution in [0.1, 0.15) is 13.3 Å². The number of cyclic esters (lactones) is 1. The second-order valence-corrected chi connectivity index (χ2v) is 5.60. The summed E-state index contributed by atoms with van der Waals surface area (Å²) < 4.78 is 5.01. The molecule has 0 aliphatic carbocycles. The number of anilines is 1. The molecule has 1 N–H and O–H groups in total. The predicted molar refractivity (Wildman–Crippen MR) is 81.7 cm³/mol. The second kappa shape index (κ2) is 7.11. The van der Waals surface area contributed by atoms with Gasteiger partial charge < -0.3 is 10.1 Å². The molecule has 1 aromatic rings. The summed E-state index contributed by atoms with van der Waals surface area (Å²) in [6.07, 6.45) is 0.0385. The highest BCUT2D eigenvalue weighted by atomic mass is 35.5. The van der Waals surface area contributed by atoms with Gasteiger partial charge in [0.2, 0.25) is 5.91 Å². The minimum atomic E-state index is -0.543. The van der Waals surface area contributed by atoms with Gasteiger partial charge in [-0.15, -0.1) is 0 Å². The lowest BCUT2D eigenvalue weighted by Crippen LogP contribution is -2.50. The average Bonchev–Trinajstić information content (AvgIpc) is 2.39. The van der Waals surface area contributed by atoms with E-state index in [2.05, 4.69) is 5.32 Å². The van der Waals surface area contributed by atoms with Gasteiger partial charge in [-0.1, -0.05) is 30.1 Å². The van der Waals surface area contributed by atoms with Crippen molar-refractivity contribution in [1.82, 2.24) is 4.90 Å². The molecule has 2 rings (SSSR count). The van der Waals surface area contributed by atoms with Gasteiger partial charge >= 0.3 is 5.97 Å². The van der Waals surface area contributed by atoms with Crippen LogP contribution in [0.2, 0.25) is 10.0 Å². The summed E-state index contributed by atoms with van der Waals surface area (Å²) >= 11 is 11.8. The van der Waals surface area contributed by atoms with E-state index in [1.807, 2.05) is 11.8 Å². The van der Waals surface area contributed by atoms with Crippen molar-refractivity contribution in [2.75, 3.05) is 25.0 Å². The van der Waals surface area contributed by atoms with Gasteiger partial charge in [-0.2, -0.15) is 0 Å². The highest BCUT2D eigenvalue weighted by Gasteiger charge is 2.32. The van der Waals surface area contributed by atoms with Gasteiger partial charge in [-0.3, -0.25) is 14.5 Å². The first-order valence-electron chi connectivity index (χ1n) is 6.66. The number of carbonyl (C=O) groups excluding carboxylic acids is 2. The number of esters is 1. The molecule has 7 heteroatoms. The van der Waals surface area contributed by atoms with E-state index in [9.17, 15) is 9.59 Å². The number of nitrogens with zero attached hydrogens (tertiary/aromatic N) is 1. The van der Waals surface area contributed by atoms with Crippen LogP contribution >= 0.6 is 23.2 Å². The molecule has 0 spiro atoms. The molecule has 1 amide bonds. The molecule has 1 heterocycles. The van der Waals surface area contributed by atoms with Crippen LogP contribution in [-0.4, -0.2) is 42.5 Å². The Hall–Kier alpha value is -1.30. The summed E-state index contributed by atoms with van der Waals surface area (Å²) in [6.45, 7) is 3.65. The monoisotopic (exact) mass is 330 g/mol. The Balaban J connectivity index is 2.01. The lowest BCUT2D eigenvalue weighted by molar-refractivity contribution is -0.158. The Kier molecular flexibility index (Phi) is 5.45. The zero-order valence-corrected chi connectivity index (χ0v) is 13.1. The van der Waals surface area contributed by atoms with Crippen molar-refractivity contribution < 1.29 is 14.3 Å². The molecular formula is C14H16Cl2N2O3. The SMILES string of the molecule is CCN1CCOC(=O)C1CC(=O)Nc1cc(Cl)cc(Cl)c1. The Morgan fingerprint density at radius 3 is 2.67 bits per heavy atom. The molecule has 1 saturated heterocycles. The molecule has 1 aliphatic heterocycles. The van der Waals surface area contributed by atoms with Crippen molar-refractivity contribution in [2.24, 2.45) is 0 Å². The molecule has 1 aliphatic rings. The number of nitrogens with one attached hydrogen (secondary N) is 1. The maximum Gasteiger partial charge on any atom is 0.323 e. The van der Waals surface area contributed by atoms with Crippen LogP contribution in [-0.2, 0) is 14.3 Å². The van der Waals surface area contributed by atoms with Crippen molar-refractivity contribution in [3.63, 3.8) is 0 Å². The fraction of sp³-hybridized carbons (Fsp3) is 0.429.